The van der Waals surface area contributed by atoms with Crippen molar-refractivity contribution in [2.75, 3.05) is 0 Å². The predicted molar refractivity (Wildman–Crippen MR) is 42.9 cm³/mol. The Hall–Kier alpha value is -0.790. The van der Waals surface area contributed by atoms with Gasteiger partial charge in [-0.25, -0.2) is 0 Å². The van der Waals surface area contributed by atoms with Gasteiger partial charge in [0.2, 0.25) is 0 Å². The van der Waals surface area contributed by atoms with E-state index >= 15 is 0 Å². The minimum absolute atomic E-state index is 0.203. The fourth-order valence-corrected chi connectivity index (χ4v) is 1.35. The van der Waals surface area contributed by atoms with Gasteiger partial charge in [0, 0.05) is 13.3 Å². The van der Waals surface area contributed by atoms with E-state index in [2.05, 4.69) is 6.92 Å². The SMILES string of the molecule is CC(=O)OC1=C[C@H](C)CCC1. The van der Waals surface area contributed by atoms with Crippen LogP contribution in [0.25, 0.3) is 0 Å². The number of hydrogen-bond donors (Lipinski definition) is 0. The average molecular weight is 154 g/mol. The molecule has 62 valence electrons. The van der Waals surface area contributed by atoms with E-state index in [1.54, 1.807) is 0 Å². The second-order valence-corrected chi connectivity index (χ2v) is 3.10. The van der Waals surface area contributed by atoms with Crippen LogP contribution in [0.5, 0.6) is 0 Å². The predicted octanol–water partition coefficient (Wildman–Crippen LogP) is 2.25. The van der Waals surface area contributed by atoms with Crippen molar-refractivity contribution in [2.24, 2.45) is 5.92 Å². The highest BCUT2D eigenvalue weighted by atomic mass is 16.5. The average Bonchev–Trinajstić information content (AvgIpc) is 1.85. The molecule has 0 aromatic carbocycles. The van der Waals surface area contributed by atoms with Crippen molar-refractivity contribution in [3.05, 3.63) is 11.8 Å². The highest BCUT2D eigenvalue weighted by Crippen LogP contribution is 2.22. The number of allylic oxidation sites excluding steroid dienone is 2. The van der Waals surface area contributed by atoms with Crippen LogP contribution in [-0.4, -0.2) is 5.97 Å². The highest BCUT2D eigenvalue weighted by Gasteiger charge is 2.11. The lowest BCUT2D eigenvalue weighted by atomic mass is 9.97. The van der Waals surface area contributed by atoms with Crippen molar-refractivity contribution in [2.45, 2.75) is 33.1 Å². The standard InChI is InChI=1S/C9H14O2/c1-7-4-3-5-9(6-7)11-8(2)10/h6-7H,3-5H2,1-2H3/t7-/m1/s1. The van der Waals surface area contributed by atoms with Gasteiger partial charge in [0.25, 0.3) is 0 Å². The first-order valence-electron chi connectivity index (χ1n) is 4.07. The first kappa shape index (κ1) is 8.31. The molecule has 0 saturated carbocycles. The zero-order valence-corrected chi connectivity index (χ0v) is 7.09. The van der Waals surface area contributed by atoms with Gasteiger partial charge in [-0.1, -0.05) is 6.92 Å². The Kier molecular flexibility index (Phi) is 2.69. The molecule has 0 heterocycles. The molecule has 2 heteroatoms. The molecule has 0 radical (unpaired) electrons. The fraction of sp³-hybridized carbons (Fsp3) is 0.667. The molecule has 0 aromatic heterocycles. The van der Waals surface area contributed by atoms with E-state index in [1.165, 1.54) is 13.3 Å². The second kappa shape index (κ2) is 3.56. The van der Waals surface area contributed by atoms with Crippen LogP contribution < -0.4 is 0 Å². The van der Waals surface area contributed by atoms with Crippen LogP contribution in [-0.2, 0) is 9.53 Å². The Morgan fingerprint density at radius 2 is 2.45 bits per heavy atom. The summed E-state index contributed by atoms with van der Waals surface area (Å²) in [5.74, 6) is 1.22. The monoisotopic (exact) mass is 154 g/mol. The second-order valence-electron chi connectivity index (χ2n) is 3.10. The van der Waals surface area contributed by atoms with Crippen LogP contribution in [0.1, 0.15) is 33.1 Å². The topological polar surface area (TPSA) is 26.3 Å². The maximum absolute atomic E-state index is 10.6. The highest BCUT2D eigenvalue weighted by molar-refractivity contribution is 5.67. The number of carbonyl (C=O) groups excluding carboxylic acids is 1. The van der Waals surface area contributed by atoms with Crippen LogP contribution in [0, 0.1) is 5.92 Å². The Morgan fingerprint density at radius 3 is 3.00 bits per heavy atom. The summed E-state index contributed by atoms with van der Waals surface area (Å²) < 4.78 is 4.98. The minimum Gasteiger partial charge on any atom is -0.432 e. The van der Waals surface area contributed by atoms with Gasteiger partial charge in [-0.15, -0.1) is 0 Å². The molecule has 1 atom stereocenters. The van der Waals surface area contributed by atoms with E-state index < -0.39 is 0 Å². The van der Waals surface area contributed by atoms with Gasteiger partial charge in [0.1, 0.15) is 5.76 Å². The van der Waals surface area contributed by atoms with Crippen molar-refractivity contribution >= 4 is 5.97 Å². The first-order valence-corrected chi connectivity index (χ1v) is 4.07. The van der Waals surface area contributed by atoms with Crippen LogP contribution in [0.4, 0.5) is 0 Å². The molecule has 0 bridgehead atoms. The van der Waals surface area contributed by atoms with Crippen molar-refractivity contribution in [3.63, 3.8) is 0 Å². The van der Waals surface area contributed by atoms with E-state index in [1.807, 2.05) is 6.08 Å². The summed E-state index contributed by atoms with van der Waals surface area (Å²) in [5.41, 5.74) is 0. The van der Waals surface area contributed by atoms with E-state index in [0.717, 1.165) is 18.6 Å². The Labute approximate surface area is 67.2 Å². The van der Waals surface area contributed by atoms with E-state index in [-0.39, 0.29) is 5.97 Å². The number of carbonyl (C=O) groups is 1. The lowest BCUT2D eigenvalue weighted by molar-refractivity contribution is -0.137. The molecule has 0 unspecified atom stereocenters. The van der Waals surface area contributed by atoms with E-state index in [4.69, 9.17) is 4.74 Å². The van der Waals surface area contributed by atoms with E-state index in [9.17, 15) is 4.79 Å². The van der Waals surface area contributed by atoms with Crippen LogP contribution in [0.15, 0.2) is 11.8 Å². The molecular formula is C9H14O2. The Morgan fingerprint density at radius 1 is 1.73 bits per heavy atom. The first-order chi connectivity index (χ1) is 5.18. The van der Waals surface area contributed by atoms with Gasteiger partial charge >= 0.3 is 5.97 Å². The third-order valence-corrected chi connectivity index (χ3v) is 1.83. The van der Waals surface area contributed by atoms with E-state index in [0.29, 0.717) is 5.92 Å². The van der Waals surface area contributed by atoms with Crippen LogP contribution >= 0.6 is 0 Å². The van der Waals surface area contributed by atoms with Gasteiger partial charge in [-0.05, 0) is 24.8 Å². The molecule has 0 aliphatic heterocycles. The molecule has 0 N–H and O–H groups in total. The maximum atomic E-state index is 10.6. The molecular weight excluding hydrogens is 140 g/mol. The van der Waals surface area contributed by atoms with Gasteiger partial charge in [0.05, 0.1) is 0 Å². The zero-order chi connectivity index (χ0) is 8.27. The number of hydrogen-bond acceptors (Lipinski definition) is 2. The van der Waals surface area contributed by atoms with Crippen LogP contribution in [0.3, 0.4) is 0 Å². The third kappa shape index (κ3) is 2.74. The zero-order valence-electron chi connectivity index (χ0n) is 7.09. The quantitative estimate of drug-likeness (QED) is 0.541. The van der Waals surface area contributed by atoms with Gasteiger partial charge in [-0.2, -0.15) is 0 Å². The lowest BCUT2D eigenvalue weighted by Crippen LogP contribution is -2.06. The maximum Gasteiger partial charge on any atom is 0.307 e. The molecule has 0 spiro atoms. The van der Waals surface area contributed by atoms with Crippen molar-refractivity contribution in [1.29, 1.82) is 0 Å². The minimum atomic E-state index is -0.203. The van der Waals surface area contributed by atoms with Crippen molar-refractivity contribution in [3.8, 4) is 0 Å². The molecule has 11 heavy (non-hydrogen) atoms. The van der Waals surface area contributed by atoms with Crippen molar-refractivity contribution in [1.82, 2.24) is 0 Å². The lowest BCUT2D eigenvalue weighted by Gasteiger charge is -2.16. The molecule has 1 aliphatic carbocycles. The molecule has 1 aliphatic rings. The third-order valence-electron chi connectivity index (χ3n) is 1.83. The molecule has 1 rings (SSSR count). The molecule has 2 nitrogen and oxygen atoms in total. The van der Waals surface area contributed by atoms with Gasteiger partial charge in [-0.3, -0.25) is 4.79 Å². The Balaban J connectivity index is 2.49. The summed E-state index contributed by atoms with van der Waals surface area (Å²) in [5, 5.41) is 0. The van der Waals surface area contributed by atoms with Gasteiger partial charge < -0.3 is 4.74 Å². The Bertz CT molecular complexity index is 182. The normalized spacial score (nSPS) is 24.2. The van der Waals surface area contributed by atoms with Crippen molar-refractivity contribution < 1.29 is 9.53 Å². The molecule has 0 aromatic rings. The summed E-state index contributed by atoms with van der Waals surface area (Å²) >= 11 is 0. The largest absolute Gasteiger partial charge is 0.432 e. The number of ether oxygens (including phenoxy) is 1. The summed E-state index contributed by atoms with van der Waals surface area (Å²) in [7, 11) is 0. The summed E-state index contributed by atoms with van der Waals surface area (Å²) in [4.78, 5) is 10.6. The molecule has 0 amide bonds. The number of rotatable bonds is 1. The van der Waals surface area contributed by atoms with Gasteiger partial charge in [0.15, 0.2) is 0 Å². The molecule has 0 saturated heterocycles. The molecule has 0 fully saturated rings. The summed E-state index contributed by atoms with van der Waals surface area (Å²) in [6, 6.07) is 0. The smallest absolute Gasteiger partial charge is 0.307 e. The van der Waals surface area contributed by atoms with Crippen LogP contribution in [0.2, 0.25) is 0 Å². The summed E-state index contributed by atoms with van der Waals surface area (Å²) in [6.45, 7) is 3.59. The number of esters is 1. The summed E-state index contributed by atoms with van der Waals surface area (Å²) in [6.07, 6.45) is 5.32. The fourth-order valence-electron chi connectivity index (χ4n) is 1.35.